The van der Waals surface area contributed by atoms with Crippen molar-refractivity contribution in [2.75, 3.05) is 39.6 Å². The summed E-state index contributed by atoms with van der Waals surface area (Å²) in [7, 11) is 0. The molecule has 9 nitrogen and oxygen atoms in total. The molecule has 0 saturated carbocycles. The van der Waals surface area contributed by atoms with Crippen LogP contribution in [0.2, 0.25) is 0 Å². The molecule has 0 rings (SSSR count). The molecule has 0 radical (unpaired) electrons. The minimum atomic E-state index is -1.03. The normalized spacial score (nSPS) is 14.3. The standard InChI is InChI=1S/C15H24O9/c1-3-14(19)23-9-12(18)8-21-6-11(17)7-22-10-13(5-16)24-15(20)4-2/h3-4,11-13,16-18H,1-2,5-10H2. The molecular formula is C15H24O9. The van der Waals surface area contributed by atoms with Gasteiger partial charge in [-0.25, -0.2) is 9.59 Å². The van der Waals surface area contributed by atoms with Crippen LogP contribution >= 0.6 is 0 Å². The molecule has 0 spiro atoms. The Labute approximate surface area is 140 Å². The maximum absolute atomic E-state index is 11.0. The van der Waals surface area contributed by atoms with Crippen LogP contribution in [0.25, 0.3) is 0 Å². The van der Waals surface area contributed by atoms with Gasteiger partial charge in [-0.15, -0.1) is 0 Å². The zero-order chi connectivity index (χ0) is 18.4. The predicted molar refractivity (Wildman–Crippen MR) is 82.0 cm³/mol. The number of aliphatic hydroxyl groups is 3. The van der Waals surface area contributed by atoms with Crippen LogP contribution in [0.15, 0.2) is 25.3 Å². The Balaban J connectivity index is 3.76. The average molecular weight is 348 g/mol. The van der Waals surface area contributed by atoms with Gasteiger partial charge in [-0.3, -0.25) is 0 Å². The maximum Gasteiger partial charge on any atom is 0.330 e. The highest BCUT2D eigenvalue weighted by Gasteiger charge is 2.14. The summed E-state index contributed by atoms with van der Waals surface area (Å²) >= 11 is 0. The fourth-order valence-corrected chi connectivity index (χ4v) is 1.35. The highest BCUT2D eigenvalue weighted by atomic mass is 16.6. The minimum Gasteiger partial charge on any atom is -0.460 e. The van der Waals surface area contributed by atoms with E-state index in [-0.39, 0.29) is 33.0 Å². The van der Waals surface area contributed by atoms with Crippen LogP contribution in [0, 0.1) is 0 Å². The molecule has 0 aliphatic heterocycles. The van der Waals surface area contributed by atoms with Crippen molar-refractivity contribution in [2.45, 2.75) is 18.3 Å². The van der Waals surface area contributed by atoms with Crippen LogP contribution in [0.1, 0.15) is 0 Å². The van der Waals surface area contributed by atoms with Crippen LogP contribution in [0.5, 0.6) is 0 Å². The highest BCUT2D eigenvalue weighted by molar-refractivity contribution is 5.81. The van der Waals surface area contributed by atoms with Crippen LogP contribution < -0.4 is 0 Å². The number of hydrogen-bond donors (Lipinski definition) is 3. The molecule has 0 amide bonds. The molecule has 0 fully saturated rings. The third-order valence-corrected chi connectivity index (χ3v) is 2.47. The molecule has 3 atom stereocenters. The summed E-state index contributed by atoms with van der Waals surface area (Å²) in [5, 5.41) is 28.1. The lowest BCUT2D eigenvalue weighted by Crippen LogP contribution is -2.31. The molecule has 0 aromatic carbocycles. The average Bonchev–Trinajstić information content (AvgIpc) is 2.58. The van der Waals surface area contributed by atoms with Crippen LogP contribution in [-0.2, 0) is 28.5 Å². The Hall–Kier alpha value is -1.78. The molecule has 0 aromatic heterocycles. The van der Waals surface area contributed by atoms with Gasteiger partial charge in [0.1, 0.15) is 24.9 Å². The monoisotopic (exact) mass is 348 g/mol. The Morgan fingerprint density at radius 1 is 0.875 bits per heavy atom. The lowest BCUT2D eigenvalue weighted by Gasteiger charge is -2.17. The lowest BCUT2D eigenvalue weighted by atomic mass is 10.3. The first-order valence-electron chi connectivity index (χ1n) is 7.17. The van der Waals surface area contributed by atoms with E-state index in [9.17, 15) is 19.8 Å². The summed E-state index contributed by atoms with van der Waals surface area (Å²) in [4.78, 5) is 21.7. The van der Waals surface area contributed by atoms with Gasteiger partial charge in [-0.1, -0.05) is 13.2 Å². The SMILES string of the molecule is C=CC(=O)OCC(O)COCC(O)COCC(CO)OC(=O)C=C. The zero-order valence-corrected chi connectivity index (χ0v) is 13.3. The van der Waals surface area contributed by atoms with E-state index >= 15 is 0 Å². The third-order valence-electron chi connectivity index (χ3n) is 2.47. The van der Waals surface area contributed by atoms with Gasteiger partial charge >= 0.3 is 11.9 Å². The molecule has 0 aromatic rings. The third kappa shape index (κ3) is 11.7. The van der Waals surface area contributed by atoms with E-state index < -0.39 is 36.9 Å². The molecule has 3 N–H and O–H groups in total. The molecule has 24 heavy (non-hydrogen) atoms. The molecule has 138 valence electrons. The van der Waals surface area contributed by atoms with E-state index in [1.807, 2.05) is 0 Å². The molecule has 0 saturated heterocycles. The summed E-state index contributed by atoms with van der Waals surface area (Å²) in [5.74, 6) is -1.34. The molecule has 0 bridgehead atoms. The van der Waals surface area contributed by atoms with Crippen molar-refractivity contribution in [1.82, 2.24) is 0 Å². The Kier molecular flexibility index (Phi) is 12.6. The van der Waals surface area contributed by atoms with E-state index in [0.29, 0.717) is 0 Å². The van der Waals surface area contributed by atoms with E-state index in [1.165, 1.54) is 0 Å². The van der Waals surface area contributed by atoms with Gasteiger partial charge in [0, 0.05) is 12.2 Å². The van der Waals surface area contributed by atoms with E-state index in [2.05, 4.69) is 17.9 Å². The number of rotatable bonds is 14. The number of carbonyl (C=O) groups excluding carboxylic acids is 2. The molecule has 0 heterocycles. The van der Waals surface area contributed by atoms with Gasteiger partial charge in [0.25, 0.3) is 0 Å². The molecule has 9 heteroatoms. The van der Waals surface area contributed by atoms with Crippen molar-refractivity contribution >= 4 is 11.9 Å². The molecule has 0 aliphatic rings. The first-order valence-corrected chi connectivity index (χ1v) is 7.17. The van der Waals surface area contributed by atoms with E-state index in [1.54, 1.807) is 0 Å². The van der Waals surface area contributed by atoms with Crippen molar-refractivity contribution in [1.29, 1.82) is 0 Å². The van der Waals surface area contributed by atoms with Crippen molar-refractivity contribution in [3.05, 3.63) is 25.3 Å². The summed E-state index contributed by atoms with van der Waals surface area (Å²) < 4.78 is 19.5. The number of ether oxygens (including phenoxy) is 4. The van der Waals surface area contributed by atoms with Gasteiger partial charge < -0.3 is 34.3 Å². The van der Waals surface area contributed by atoms with Crippen molar-refractivity contribution < 1.29 is 43.9 Å². The molecule has 3 unspecified atom stereocenters. The van der Waals surface area contributed by atoms with Gasteiger partial charge in [0.15, 0.2) is 0 Å². The van der Waals surface area contributed by atoms with Crippen LogP contribution in [-0.4, -0.2) is 85.2 Å². The number of carbonyl (C=O) groups is 2. The minimum absolute atomic E-state index is 0.104. The smallest absolute Gasteiger partial charge is 0.330 e. The predicted octanol–water partition coefficient (Wildman–Crippen LogP) is -1.44. The maximum atomic E-state index is 11.0. The summed E-state index contributed by atoms with van der Waals surface area (Å²) in [6, 6.07) is 0. The van der Waals surface area contributed by atoms with Crippen LogP contribution in [0.4, 0.5) is 0 Å². The van der Waals surface area contributed by atoms with Gasteiger partial charge in [0.05, 0.1) is 33.0 Å². The summed E-state index contributed by atoms with van der Waals surface area (Å²) in [6.45, 7) is 5.27. The van der Waals surface area contributed by atoms with Crippen molar-refractivity contribution in [2.24, 2.45) is 0 Å². The van der Waals surface area contributed by atoms with Gasteiger partial charge in [0.2, 0.25) is 0 Å². The first-order chi connectivity index (χ1) is 11.4. The van der Waals surface area contributed by atoms with E-state index in [0.717, 1.165) is 12.2 Å². The van der Waals surface area contributed by atoms with Crippen molar-refractivity contribution in [3.63, 3.8) is 0 Å². The van der Waals surface area contributed by atoms with Gasteiger partial charge in [-0.2, -0.15) is 0 Å². The van der Waals surface area contributed by atoms with Crippen molar-refractivity contribution in [3.8, 4) is 0 Å². The van der Waals surface area contributed by atoms with E-state index in [4.69, 9.17) is 19.3 Å². The molecule has 0 aliphatic carbocycles. The fraction of sp³-hybridized carbons (Fsp3) is 0.600. The lowest BCUT2D eigenvalue weighted by molar-refractivity contribution is -0.150. The topological polar surface area (TPSA) is 132 Å². The number of esters is 2. The quantitative estimate of drug-likeness (QED) is 0.255. The first kappa shape index (κ1) is 22.2. The summed E-state index contributed by atoms with van der Waals surface area (Å²) in [6.07, 6.45) is -0.935. The van der Waals surface area contributed by atoms with Gasteiger partial charge in [-0.05, 0) is 0 Å². The number of hydrogen-bond acceptors (Lipinski definition) is 9. The largest absolute Gasteiger partial charge is 0.460 e. The second-order valence-corrected chi connectivity index (χ2v) is 4.66. The Morgan fingerprint density at radius 2 is 1.38 bits per heavy atom. The second kappa shape index (κ2) is 13.6. The Morgan fingerprint density at radius 3 is 1.88 bits per heavy atom. The zero-order valence-electron chi connectivity index (χ0n) is 13.3. The summed E-state index contributed by atoms with van der Waals surface area (Å²) in [5.41, 5.74) is 0. The highest BCUT2D eigenvalue weighted by Crippen LogP contribution is 1.97. The number of aliphatic hydroxyl groups excluding tert-OH is 3. The molecular weight excluding hydrogens is 324 g/mol. The fourth-order valence-electron chi connectivity index (χ4n) is 1.35. The Bertz CT molecular complexity index is 396. The van der Waals surface area contributed by atoms with Crippen LogP contribution in [0.3, 0.4) is 0 Å². The second-order valence-electron chi connectivity index (χ2n) is 4.66.